The zero-order valence-corrected chi connectivity index (χ0v) is 22.2. The lowest BCUT2D eigenvalue weighted by molar-refractivity contribution is -0.114. The van der Waals surface area contributed by atoms with Crippen molar-refractivity contribution in [3.8, 4) is 11.5 Å². The molecule has 40 heavy (non-hydrogen) atoms. The monoisotopic (exact) mass is 536 g/mol. The third-order valence-electron chi connectivity index (χ3n) is 7.12. The largest absolute Gasteiger partial charge is 0.436 e. The van der Waals surface area contributed by atoms with Gasteiger partial charge in [-0.15, -0.1) is 10.2 Å². The minimum atomic E-state index is -0.160. The number of oxazole rings is 1. The van der Waals surface area contributed by atoms with Crippen molar-refractivity contribution >= 4 is 28.5 Å². The van der Waals surface area contributed by atoms with Gasteiger partial charge >= 0.3 is 0 Å². The normalized spacial score (nSPS) is 15.2. The molecular formula is C29H28N8O3. The van der Waals surface area contributed by atoms with Crippen LogP contribution in [0.25, 0.3) is 22.6 Å². The molecule has 3 aromatic heterocycles. The lowest BCUT2D eigenvalue weighted by Crippen LogP contribution is -2.39. The Morgan fingerprint density at radius 2 is 1.85 bits per heavy atom. The van der Waals surface area contributed by atoms with Crippen LogP contribution in [-0.2, 0) is 11.8 Å². The number of piperidine rings is 1. The molecule has 1 N–H and O–H groups in total. The number of tetrazole rings is 1. The van der Waals surface area contributed by atoms with Gasteiger partial charge in [0.25, 0.3) is 0 Å². The zero-order chi connectivity index (χ0) is 27.6. The molecule has 11 nitrogen and oxygen atoms in total. The van der Waals surface area contributed by atoms with E-state index in [1.54, 1.807) is 43.6 Å². The fourth-order valence-electron chi connectivity index (χ4n) is 5.23. The molecule has 2 aromatic carbocycles. The summed E-state index contributed by atoms with van der Waals surface area (Å²) < 4.78 is 5.93. The summed E-state index contributed by atoms with van der Waals surface area (Å²) in [5, 5.41) is 15.6. The van der Waals surface area contributed by atoms with Gasteiger partial charge in [0.1, 0.15) is 11.2 Å². The standard InChI is InChI=1S/C29H28N8O3/c1-18(38)31-22-8-9-25-23(17-22)32-29(40-25)21-10-13-30-24(16-21)27(39)20-11-14-37(15-12-20)26(19-6-4-3-5-7-19)28-33-35-36(2)34-28/h3-10,13,16-17,20,26H,11-12,14-15H2,1-2H3,(H,31,38). The van der Waals surface area contributed by atoms with Crippen LogP contribution in [0.3, 0.4) is 0 Å². The maximum atomic E-state index is 13.5. The van der Waals surface area contributed by atoms with E-state index in [0.29, 0.717) is 52.6 Å². The van der Waals surface area contributed by atoms with Crippen LogP contribution in [0.2, 0.25) is 0 Å². The summed E-state index contributed by atoms with van der Waals surface area (Å²) >= 11 is 0. The van der Waals surface area contributed by atoms with Crippen molar-refractivity contribution in [3.63, 3.8) is 0 Å². The number of pyridine rings is 1. The van der Waals surface area contributed by atoms with Gasteiger partial charge in [0.05, 0.1) is 13.1 Å². The topological polar surface area (TPSA) is 132 Å². The Bertz CT molecular complexity index is 1670. The first-order valence-corrected chi connectivity index (χ1v) is 13.2. The van der Waals surface area contributed by atoms with Gasteiger partial charge in [-0.3, -0.25) is 19.5 Å². The van der Waals surface area contributed by atoms with E-state index in [9.17, 15) is 9.59 Å². The number of anilines is 1. The van der Waals surface area contributed by atoms with Crippen LogP contribution in [0.15, 0.2) is 71.3 Å². The number of hydrogen-bond acceptors (Lipinski definition) is 9. The molecule has 1 aliphatic heterocycles. The minimum absolute atomic E-state index is 0.0134. The van der Waals surface area contributed by atoms with E-state index >= 15 is 0 Å². The summed E-state index contributed by atoms with van der Waals surface area (Å²) in [5.74, 6) is 0.750. The number of ketones is 1. The van der Waals surface area contributed by atoms with Gasteiger partial charge < -0.3 is 9.73 Å². The molecule has 0 radical (unpaired) electrons. The average Bonchev–Trinajstić information content (AvgIpc) is 3.59. The maximum absolute atomic E-state index is 13.5. The second kappa shape index (κ2) is 10.8. The second-order valence-corrected chi connectivity index (χ2v) is 9.94. The van der Waals surface area contributed by atoms with Gasteiger partial charge in [-0.2, -0.15) is 4.80 Å². The van der Waals surface area contributed by atoms with E-state index in [4.69, 9.17) is 4.42 Å². The molecule has 0 saturated carbocycles. The smallest absolute Gasteiger partial charge is 0.227 e. The molecule has 1 aliphatic rings. The van der Waals surface area contributed by atoms with Crippen LogP contribution >= 0.6 is 0 Å². The van der Waals surface area contributed by atoms with E-state index in [1.165, 1.54) is 11.7 Å². The van der Waals surface area contributed by atoms with Crippen molar-refractivity contribution in [1.29, 1.82) is 0 Å². The van der Waals surface area contributed by atoms with Crippen LogP contribution in [0, 0.1) is 5.92 Å². The number of aryl methyl sites for hydroxylation is 1. The molecule has 4 heterocycles. The number of benzene rings is 2. The van der Waals surface area contributed by atoms with Crippen LogP contribution in [0.1, 0.15) is 47.7 Å². The van der Waals surface area contributed by atoms with Crippen molar-refractivity contribution in [1.82, 2.24) is 35.1 Å². The molecule has 1 saturated heterocycles. The molecule has 1 atom stereocenters. The molecule has 0 bridgehead atoms. The third kappa shape index (κ3) is 5.23. The van der Waals surface area contributed by atoms with Crippen molar-refractivity contribution in [2.75, 3.05) is 18.4 Å². The van der Waals surface area contributed by atoms with Gasteiger partial charge in [0, 0.05) is 30.3 Å². The molecule has 1 fully saturated rings. The molecule has 0 spiro atoms. The SMILES string of the molecule is CC(=O)Nc1ccc2oc(-c3ccnc(C(=O)C4CCN(C(c5ccccc5)c5nnn(C)n5)CC4)c3)nc2c1. The van der Waals surface area contributed by atoms with E-state index in [-0.39, 0.29) is 23.7 Å². The van der Waals surface area contributed by atoms with Crippen molar-refractivity contribution in [2.24, 2.45) is 13.0 Å². The van der Waals surface area contributed by atoms with Crippen LogP contribution < -0.4 is 5.32 Å². The van der Waals surface area contributed by atoms with Crippen LogP contribution in [0.4, 0.5) is 5.69 Å². The Labute approximate surface area is 230 Å². The predicted molar refractivity (Wildman–Crippen MR) is 147 cm³/mol. The number of hydrogen-bond donors (Lipinski definition) is 1. The molecule has 5 aromatic rings. The Morgan fingerprint density at radius 1 is 1.05 bits per heavy atom. The molecule has 11 heteroatoms. The highest BCUT2D eigenvalue weighted by Gasteiger charge is 2.33. The van der Waals surface area contributed by atoms with Crippen molar-refractivity contribution in [3.05, 3.63) is 83.9 Å². The third-order valence-corrected chi connectivity index (χ3v) is 7.12. The van der Waals surface area contributed by atoms with E-state index in [2.05, 4.69) is 47.7 Å². The number of nitrogens with one attached hydrogen (secondary N) is 1. The number of likely N-dealkylation sites (tertiary alicyclic amines) is 1. The van der Waals surface area contributed by atoms with E-state index in [1.807, 2.05) is 18.2 Å². The lowest BCUT2D eigenvalue weighted by Gasteiger charge is -2.35. The number of rotatable bonds is 7. The highest BCUT2D eigenvalue weighted by atomic mass is 16.3. The summed E-state index contributed by atoms with van der Waals surface area (Å²) in [7, 11) is 1.76. The van der Waals surface area contributed by atoms with Gasteiger partial charge in [0.2, 0.25) is 11.8 Å². The Hall–Kier alpha value is -4.77. The number of fused-ring (bicyclic) bond motifs is 1. The lowest BCUT2D eigenvalue weighted by atomic mass is 9.89. The van der Waals surface area contributed by atoms with Gasteiger partial charge in [-0.1, -0.05) is 30.3 Å². The second-order valence-electron chi connectivity index (χ2n) is 9.94. The molecule has 1 unspecified atom stereocenters. The van der Waals surface area contributed by atoms with Crippen molar-refractivity contribution < 1.29 is 14.0 Å². The predicted octanol–water partition coefficient (Wildman–Crippen LogP) is 4.06. The number of amides is 1. The van der Waals surface area contributed by atoms with E-state index < -0.39 is 0 Å². The first kappa shape index (κ1) is 25.5. The molecule has 6 rings (SSSR count). The van der Waals surface area contributed by atoms with Crippen LogP contribution in [0.5, 0.6) is 0 Å². The summed E-state index contributed by atoms with van der Waals surface area (Å²) in [5.41, 5.74) is 4.01. The fourth-order valence-corrected chi connectivity index (χ4v) is 5.23. The average molecular weight is 537 g/mol. The Kier molecular flexibility index (Phi) is 6.87. The van der Waals surface area contributed by atoms with Gasteiger partial charge in [-0.05, 0) is 67.0 Å². The van der Waals surface area contributed by atoms with Gasteiger partial charge in [-0.25, -0.2) is 4.98 Å². The quantitative estimate of drug-likeness (QED) is 0.306. The highest BCUT2D eigenvalue weighted by molar-refractivity contribution is 5.97. The Balaban J connectivity index is 1.18. The number of carbonyl (C=O) groups is 2. The summed E-state index contributed by atoms with van der Waals surface area (Å²) in [6.07, 6.45) is 3.01. The fraction of sp³-hybridized carbons (Fsp3) is 0.276. The number of aromatic nitrogens is 6. The number of nitrogens with zero attached hydrogens (tertiary/aromatic N) is 7. The summed E-state index contributed by atoms with van der Waals surface area (Å²) in [6.45, 7) is 2.89. The van der Waals surface area contributed by atoms with Gasteiger partial charge in [0.15, 0.2) is 17.2 Å². The molecule has 1 amide bonds. The molecule has 202 valence electrons. The maximum Gasteiger partial charge on any atom is 0.227 e. The highest BCUT2D eigenvalue weighted by Crippen LogP contribution is 2.32. The first-order valence-electron chi connectivity index (χ1n) is 13.2. The van der Waals surface area contributed by atoms with E-state index in [0.717, 1.165) is 18.7 Å². The number of Topliss-reactive ketones (excluding diaryl/α,β-unsaturated/α-hetero) is 1. The summed E-state index contributed by atoms with van der Waals surface area (Å²) in [4.78, 5) is 37.6. The Morgan fingerprint density at radius 3 is 2.58 bits per heavy atom. The molecular weight excluding hydrogens is 508 g/mol. The summed E-state index contributed by atoms with van der Waals surface area (Å²) in [6, 6.07) is 18.8. The molecule has 0 aliphatic carbocycles. The van der Waals surface area contributed by atoms with Crippen LogP contribution in [-0.4, -0.2) is 59.9 Å². The minimum Gasteiger partial charge on any atom is -0.436 e. The first-order chi connectivity index (χ1) is 19.4. The zero-order valence-electron chi connectivity index (χ0n) is 22.2. The number of carbonyl (C=O) groups excluding carboxylic acids is 2. The van der Waals surface area contributed by atoms with Crippen molar-refractivity contribution in [2.45, 2.75) is 25.8 Å².